The summed E-state index contributed by atoms with van der Waals surface area (Å²) in [4.78, 5) is 46.3. The Hall–Kier alpha value is -4.30. The second-order valence-corrected chi connectivity index (χ2v) is 9.55. The predicted molar refractivity (Wildman–Crippen MR) is 222 cm³/mol. The number of carbonyl (C=O) groups excluding carboxylic acids is 4. The van der Waals surface area contributed by atoms with E-state index in [-0.39, 0.29) is 62.9 Å². The molecule has 0 saturated heterocycles. The van der Waals surface area contributed by atoms with Gasteiger partial charge >= 0.3 is 12.2 Å². The Labute approximate surface area is 314 Å². The third-order valence-corrected chi connectivity index (χ3v) is 4.23. The van der Waals surface area contributed by atoms with Gasteiger partial charge in [0.05, 0.1) is 13.3 Å². The van der Waals surface area contributed by atoms with Crippen LogP contribution in [-0.2, 0) is 19.1 Å². The molecule has 11 nitrogen and oxygen atoms in total. The topological polar surface area (TPSA) is 156 Å². The highest BCUT2D eigenvalue weighted by molar-refractivity contribution is 5.70. The van der Waals surface area contributed by atoms with Crippen molar-refractivity contribution in [1.29, 1.82) is 0 Å². The minimum atomic E-state index is -0.631. The Kier molecular flexibility index (Phi) is 96.3. The Balaban J connectivity index is -0.0000000526. The lowest BCUT2D eigenvalue weighted by atomic mass is 10.1. The van der Waals surface area contributed by atoms with Crippen LogP contribution in [0.15, 0.2) is 83.4 Å². The van der Waals surface area contributed by atoms with E-state index in [1.165, 1.54) is 44.3 Å². The molecule has 51 heavy (non-hydrogen) atoms. The zero-order valence-electron chi connectivity index (χ0n) is 30.7. The molecule has 0 aromatic carbocycles. The number of nitrogens with zero attached hydrogens (tertiary/aromatic N) is 2. The van der Waals surface area contributed by atoms with Crippen LogP contribution in [0.5, 0.6) is 0 Å². The number of ether oxygens (including phenoxy) is 2. The number of allylic oxidation sites excluding steroid dienone is 5. The molecule has 0 heterocycles. The summed E-state index contributed by atoms with van der Waals surface area (Å²) in [7, 11) is 0. The number of aliphatic hydroxyl groups is 1. The highest BCUT2D eigenvalue weighted by Gasteiger charge is 2.04. The Bertz CT molecular complexity index is 876. The molecular formula is C40H80N4O7. The van der Waals surface area contributed by atoms with Gasteiger partial charge in [-0.05, 0) is 63.5 Å². The quantitative estimate of drug-likeness (QED) is 0.0655. The first-order valence-electron chi connectivity index (χ1n) is 15.6. The summed E-state index contributed by atoms with van der Waals surface area (Å²) in [6.07, 6.45) is 17.8. The molecule has 1 unspecified atom stereocenters. The van der Waals surface area contributed by atoms with Crippen molar-refractivity contribution in [2.45, 2.75) is 124 Å². The second-order valence-electron chi connectivity index (χ2n) is 9.55. The number of hydrogen-bond donors (Lipinski definition) is 3. The molecule has 0 aliphatic carbocycles. The van der Waals surface area contributed by atoms with Gasteiger partial charge in [0.1, 0.15) is 13.2 Å². The molecule has 3 N–H and O–H groups in total. The molecule has 0 aliphatic heterocycles. The number of amides is 2. The van der Waals surface area contributed by atoms with Crippen LogP contribution in [0.4, 0.5) is 9.59 Å². The van der Waals surface area contributed by atoms with E-state index in [4.69, 9.17) is 14.6 Å². The zero-order valence-corrected chi connectivity index (χ0v) is 30.7. The van der Waals surface area contributed by atoms with Crippen LogP contribution in [0.3, 0.4) is 0 Å². The van der Waals surface area contributed by atoms with E-state index in [1.807, 2.05) is 6.08 Å². The minimum Gasteiger partial charge on any atom is -0.445 e. The number of aliphatic hydroxyl groups excluding tert-OH is 1. The third kappa shape index (κ3) is 114. The van der Waals surface area contributed by atoms with Crippen LogP contribution >= 0.6 is 0 Å². The van der Waals surface area contributed by atoms with Crippen LogP contribution in [-0.4, -0.2) is 62.6 Å². The molecule has 0 fully saturated rings. The van der Waals surface area contributed by atoms with E-state index in [1.54, 1.807) is 20.8 Å². The number of nitrogens with one attached hydrogen (secondary N) is 2. The van der Waals surface area contributed by atoms with Crippen LogP contribution in [0.1, 0.15) is 124 Å². The van der Waals surface area contributed by atoms with Crippen molar-refractivity contribution >= 4 is 24.3 Å². The molecule has 0 bridgehead atoms. The van der Waals surface area contributed by atoms with Gasteiger partial charge in [-0.1, -0.05) is 133 Å². The molecule has 0 radical (unpaired) electrons. The first-order valence-corrected chi connectivity index (χ1v) is 15.6. The maximum absolute atomic E-state index is 11.0. The smallest absolute Gasteiger partial charge is 0.408 e. The van der Waals surface area contributed by atoms with E-state index >= 15 is 0 Å². The summed E-state index contributed by atoms with van der Waals surface area (Å²) in [5, 5.41) is 12.7. The summed E-state index contributed by atoms with van der Waals surface area (Å²) >= 11 is 0. The van der Waals surface area contributed by atoms with E-state index in [0.29, 0.717) is 5.92 Å². The minimum absolute atomic E-state index is 0. The lowest BCUT2D eigenvalue weighted by Crippen LogP contribution is -2.38. The van der Waals surface area contributed by atoms with Gasteiger partial charge in [-0.15, -0.1) is 6.58 Å². The van der Waals surface area contributed by atoms with Crippen molar-refractivity contribution in [2.75, 3.05) is 33.2 Å². The predicted octanol–water partition coefficient (Wildman–Crippen LogP) is 11.2. The molecule has 0 saturated carbocycles. The largest absolute Gasteiger partial charge is 0.445 e. The summed E-state index contributed by atoms with van der Waals surface area (Å²) in [6, 6.07) is 0. The SMILES string of the molecule is C.C.C.C.C=C(C)CO.C=C(C)COC(=O)NCNC(=O)OCC(=C)C.C=CC(C)CC.CC/C=C/CC.CC/C=C\CC.O=C=NCN=C=O. The Morgan fingerprint density at radius 1 is 0.706 bits per heavy atom. The van der Waals surface area contributed by atoms with Gasteiger partial charge in [0, 0.05) is 0 Å². The maximum Gasteiger partial charge on any atom is 0.408 e. The van der Waals surface area contributed by atoms with Gasteiger partial charge in [0.2, 0.25) is 12.2 Å². The van der Waals surface area contributed by atoms with Crippen molar-refractivity contribution < 1.29 is 33.8 Å². The maximum atomic E-state index is 11.0. The normalized spacial score (nSPS) is 8.59. The standard InChI is InChI=1S/C11H18N2O4.3C6H12.C4H8O.C3H2N2O2.4CH4/c1-8(2)5-16-10(14)12-7-13-11(15)17-6-9(3)4;1-4-6(3)5-2;2*1-3-5-6-4-2;1-4(2)3-5;6-2-4-1-5-3-7;;;;/h1,3,5-7H2,2,4H3,(H,12,14)(H,13,15);4,6H,1,5H2,2-3H3;2*5-6H,3-4H2,1-2H3;5H,1,3H2,2H3;1H2;4*1H4/b;;6-5+;6-5-;;;;;;. The van der Waals surface area contributed by atoms with Crippen molar-refractivity contribution in [2.24, 2.45) is 15.9 Å². The van der Waals surface area contributed by atoms with Gasteiger partial charge in [-0.3, -0.25) is 0 Å². The lowest BCUT2D eigenvalue weighted by Gasteiger charge is -2.08. The summed E-state index contributed by atoms with van der Waals surface area (Å²) < 4.78 is 9.46. The van der Waals surface area contributed by atoms with Gasteiger partial charge in [-0.25, -0.2) is 19.2 Å². The van der Waals surface area contributed by atoms with Gasteiger partial charge in [-0.2, -0.15) is 9.98 Å². The molecular weight excluding hydrogens is 648 g/mol. The zero-order chi connectivity index (χ0) is 37.7. The van der Waals surface area contributed by atoms with Crippen molar-refractivity contribution in [3.63, 3.8) is 0 Å². The highest BCUT2D eigenvalue weighted by atomic mass is 16.6. The van der Waals surface area contributed by atoms with Gasteiger partial charge < -0.3 is 25.2 Å². The van der Waals surface area contributed by atoms with E-state index in [0.717, 1.165) is 16.7 Å². The summed E-state index contributed by atoms with van der Waals surface area (Å²) in [5.41, 5.74) is 2.27. The summed E-state index contributed by atoms with van der Waals surface area (Å²) in [5.74, 6) is 0.699. The van der Waals surface area contributed by atoms with E-state index < -0.39 is 12.2 Å². The molecule has 11 heteroatoms. The second kappa shape index (κ2) is 67.8. The lowest BCUT2D eigenvalue weighted by molar-refractivity contribution is 0.147. The summed E-state index contributed by atoms with van der Waals surface area (Å²) in [6.45, 7) is 32.5. The number of aliphatic imine (C=N–C) groups is 2. The highest BCUT2D eigenvalue weighted by Crippen LogP contribution is 1.98. The molecule has 2 amide bonds. The fraction of sp³-hybridized carbons (Fsp3) is 0.600. The fourth-order valence-corrected chi connectivity index (χ4v) is 1.59. The van der Waals surface area contributed by atoms with Crippen molar-refractivity contribution in [3.05, 3.63) is 73.4 Å². The number of carbonyl (C=O) groups is 2. The molecule has 0 aromatic heterocycles. The van der Waals surface area contributed by atoms with E-state index in [2.05, 4.69) is 113 Å². The first kappa shape index (κ1) is 72.4. The van der Waals surface area contributed by atoms with Crippen LogP contribution < -0.4 is 10.6 Å². The molecule has 0 aromatic rings. The monoisotopic (exact) mass is 729 g/mol. The number of hydrogen-bond acceptors (Lipinski definition) is 9. The van der Waals surface area contributed by atoms with Gasteiger partial charge in [0.25, 0.3) is 0 Å². The number of isocyanates is 2. The first-order chi connectivity index (χ1) is 22.2. The number of rotatable bonds is 15. The Morgan fingerprint density at radius 3 is 1.16 bits per heavy atom. The fourth-order valence-electron chi connectivity index (χ4n) is 1.59. The number of alkyl carbamates (subject to hydrolysis) is 2. The van der Waals surface area contributed by atoms with Crippen LogP contribution in [0.2, 0.25) is 0 Å². The molecule has 0 spiro atoms. The molecule has 1 atom stereocenters. The van der Waals surface area contributed by atoms with Crippen molar-refractivity contribution in [3.8, 4) is 0 Å². The molecule has 0 aliphatic rings. The molecule has 0 rings (SSSR count). The van der Waals surface area contributed by atoms with Crippen LogP contribution in [0.25, 0.3) is 0 Å². The Morgan fingerprint density at radius 2 is 1.00 bits per heavy atom. The average molecular weight is 729 g/mol. The van der Waals surface area contributed by atoms with Crippen LogP contribution in [0, 0.1) is 5.92 Å². The third-order valence-electron chi connectivity index (χ3n) is 4.23. The average Bonchev–Trinajstić information content (AvgIpc) is 3.05. The molecule has 302 valence electrons. The van der Waals surface area contributed by atoms with Crippen molar-refractivity contribution in [1.82, 2.24) is 10.6 Å². The van der Waals surface area contributed by atoms with Gasteiger partial charge in [0.15, 0.2) is 6.67 Å². The van der Waals surface area contributed by atoms with E-state index in [9.17, 15) is 19.2 Å².